The molecule has 1 amide bonds. The summed E-state index contributed by atoms with van der Waals surface area (Å²) in [7, 11) is 0. The van der Waals surface area contributed by atoms with Gasteiger partial charge in [-0.1, -0.05) is 25.7 Å². The number of nitrogens with one attached hydrogen (secondary N) is 2. The molecular formula is C14H22N4O. The van der Waals surface area contributed by atoms with E-state index in [4.69, 9.17) is 0 Å². The van der Waals surface area contributed by atoms with Gasteiger partial charge < -0.3 is 10.6 Å². The molecule has 1 aromatic heterocycles. The van der Waals surface area contributed by atoms with Gasteiger partial charge in [-0.3, -0.25) is 4.79 Å². The maximum absolute atomic E-state index is 11.8. The van der Waals surface area contributed by atoms with Gasteiger partial charge >= 0.3 is 0 Å². The van der Waals surface area contributed by atoms with Gasteiger partial charge in [0.15, 0.2) is 0 Å². The van der Waals surface area contributed by atoms with Crippen LogP contribution in [-0.2, 0) is 11.3 Å². The van der Waals surface area contributed by atoms with Crippen LogP contribution in [0.5, 0.6) is 0 Å². The molecule has 1 heterocycles. The van der Waals surface area contributed by atoms with E-state index in [0.717, 1.165) is 18.5 Å². The molecule has 104 valence electrons. The van der Waals surface area contributed by atoms with Crippen molar-refractivity contribution in [3.63, 3.8) is 0 Å². The number of carbonyl (C=O) groups excluding carboxylic acids is 1. The fourth-order valence-electron chi connectivity index (χ4n) is 2.43. The van der Waals surface area contributed by atoms with E-state index in [-0.39, 0.29) is 5.91 Å². The average Bonchev–Trinajstić information content (AvgIpc) is 2.68. The fourth-order valence-corrected chi connectivity index (χ4v) is 2.43. The highest BCUT2D eigenvalue weighted by molar-refractivity contribution is 5.78. The normalized spacial score (nSPS) is 16.8. The van der Waals surface area contributed by atoms with Crippen LogP contribution in [0.4, 0.5) is 0 Å². The summed E-state index contributed by atoms with van der Waals surface area (Å²) in [6, 6.07) is 2.21. The molecule has 0 radical (unpaired) electrons. The number of carbonyl (C=O) groups is 1. The van der Waals surface area contributed by atoms with Crippen LogP contribution < -0.4 is 10.6 Å². The second kappa shape index (κ2) is 7.84. The lowest BCUT2D eigenvalue weighted by molar-refractivity contribution is -0.121. The monoisotopic (exact) mass is 262 g/mol. The van der Waals surface area contributed by atoms with E-state index in [1.54, 1.807) is 6.20 Å². The Morgan fingerprint density at radius 2 is 2.05 bits per heavy atom. The fraction of sp³-hybridized carbons (Fsp3) is 0.643. The predicted molar refractivity (Wildman–Crippen MR) is 73.4 cm³/mol. The third-order valence-corrected chi connectivity index (χ3v) is 3.46. The van der Waals surface area contributed by atoms with Gasteiger partial charge in [0.25, 0.3) is 0 Å². The van der Waals surface area contributed by atoms with Crippen LogP contribution in [0.25, 0.3) is 0 Å². The van der Waals surface area contributed by atoms with Crippen molar-refractivity contribution in [2.45, 2.75) is 51.1 Å². The van der Waals surface area contributed by atoms with Gasteiger partial charge in [0, 0.05) is 18.8 Å². The van der Waals surface area contributed by atoms with Crippen LogP contribution in [0, 0.1) is 0 Å². The first kappa shape index (κ1) is 13.9. The highest BCUT2D eigenvalue weighted by Gasteiger charge is 2.14. The van der Waals surface area contributed by atoms with Crippen LogP contribution in [0.15, 0.2) is 18.6 Å². The van der Waals surface area contributed by atoms with E-state index in [1.165, 1.54) is 32.0 Å². The highest BCUT2D eigenvalue weighted by Crippen LogP contribution is 2.16. The van der Waals surface area contributed by atoms with Crippen LogP contribution >= 0.6 is 0 Å². The summed E-state index contributed by atoms with van der Waals surface area (Å²) < 4.78 is 0. The predicted octanol–water partition coefficient (Wildman–Crippen LogP) is 1.41. The molecule has 0 atom stereocenters. The first-order valence-corrected chi connectivity index (χ1v) is 7.09. The van der Waals surface area contributed by atoms with Gasteiger partial charge in [-0.05, 0) is 18.9 Å². The molecule has 1 aliphatic rings. The van der Waals surface area contributed by atoms with Crippen molar-refractivity contribution in [1.29, 1.82) is 0 Å². The molecule has 2 N–H and O–H groups in total. The zero-order valence-electron chi connectivity index (χ0n) is 11.3. The molecule has 1 saturated carbocycles. The van der Waals surface area contributed by atoms with Crippen molar-refractivity contribution in [1.82, 2.24) is 20.6 Å². The summed E-state index contributed by atoms with van der Waals surface area (Å²) in [5.74, 6) is 0.0842. The number of aromatic nitrogens is 2. The lowest BCUT2D eigenvalue weighted by Gasteiger charge is -2.16. The zero-order valence-corrected chi connectivity index (χ0v) is 11.3. The Kier molecular flexibility index (Phi) is 5.75. The van der Waals surface area contributed by atoms with Crippen molar-refractivity contribution in [2.24, 2.45) is 0 Å². The molecule has 1 fully saturated rings. The minimum absolute atomic E-state index is 0.0842. The molecule has 5 nitrogen and oxygen atoms in total. The lowest BCUT2D eigenvalue weighted by atomic mass is 10.1. The van der Waals surface area contributed by atoms with Crippen LogP contribution in [-0.4, -0.2) is 28.5 Å². The Balaban J connectivity index is 1.64. The van der Waals surface area contributed by atoms with E-state index >= 15 is 0 Å². The Morgan fingerprint density at radius 1 is 1.26 bits per heavy atom. The first-order valence-electron chi connectivity index (χ1n) is 7.09. The maximum atomic E-state index is 11.8. The highest BCUT2D eigenvalue weighted by atomic mass is 16.1. The topological polar surface area (TPSA) is 66.9 Å². The van der Waals surface area contributed by atoms with Gasteiger partial charge in [0.2, 0.25) is 5.91 Å². The molecule has 1 aromatic rings. The number of nitrogens with zero attached hydrogens (tertiary/aromatic N) is 2. The summed E-state index contributed by atoms with van der Waals surface area (Å²) in [6.07, 6.45) is 10.5. The molecule has 0 unspecified atom stereocenters. The van der Waals surface area contributed by atoms with Gasteiger partial charge in [-0.25, -0.2) is 9.97 Å². The third-order valence-electron chi connectivity index (χ3n) is 3.46. The van der Waals surface area contributed by atoms with E-state index in [0.29, 0.717) is 19.1 Å². The van der Waals surface area contributed by atoms with Crippen LogP contribution in [0.2, 0.25) is 0 Å². The Morgan fingerprint density at radius 3 is 2.74 bits per heavy atom. The SMILES string of the molecule is O=C(CNCc1ccncn1)NC1CCCCCC1. The molecule has 0 bridgehead atoms. The van der Waals surface area contributed by atoms with Crippen molar-refractivity contribution in [2.75, 3.05) is 6.54 Å². The van der Waals surface area contributed by atoms with E-state index < -0.39 is 0 Å². The van der Waals surface area contributed by atoms with E-state index in [1.807, 2.05) is 6.07 Å². The molecule has 0 aliphatic heterocycles. The first-order chi connectivity index (χ1) is 9.34. The number of amides is 1. The smallest absolute Gasteiger partial charge is 0.234 e. The Bertz CT molecular complexity index is 374. The van der Waals surface area contributed by atoms with Crippen molar-refractivity contribution in [3.05, 3.63) is 24.3 Å². The zero-order chi connectivity index (χ0) is 13.3. The van der Waals surface area contributed by atoms with Gasteiger partial charge in [0.1, 0.15) is 6.33 Å². The standard InChI is InChI=1S/C14H22N4O/c19-14(18-12-5-3-1-2-4-6-12)10-16-9-13-7-8-15-11-17-13/h7-8,11-12,16H,1-6,9-10H2,(H,18,19). The van der Waals surface area contributed by atoms with Crippen molar-refractivity contribution in [3.8, 4) is 0 Å². The van der Waals surface area contributed by atoms with Crippen molar-refractivity contribution >= 4 is 5.91 Å². The Labute approximate surface area is 114 Å². The average molecular weight is 262 g/mol. The molecule has 19 heavy (non-hydrogen) atoms. The Hall–Kier alpha value is -1.49. The van der Waals surface area contributed by atoms with Crippen LogP contribution in [0.1, 0.15) is 44.2 Å². The molecular weight excluding hydrogens is 240 g/mol. The summed E-state index contributed by atoms with van der Waals surface area (Å²) in [5.41, 5.74) is 0.900. The van der Waals surface area contributed by atoms with Crippen molar-refractivity contribution < 1.29 is 4.79 Å². The summed E-state index contributed by atoms with van der Waals surface area (Å²) in [4.78, 5) is 19.8. The third kappa shape index (κ3) is 5.34. The second-order valence-electron chi connectivity index (χ2n) is 5.06. The second-order valence-corrected chi connectivity index (χ2v) is 5.06. The van der Waals surface area contributed by atoms with E-state index in [9.17, 15) is 4.79 Å². The minimum atomic E-state index is 0.0842. The van der Waals surface area contributed by atoms with Crippen LogP contribution in [0.3, 0.4) is 0 Å². The summed E-state index contributed by atoms with van der Waals surface area (Å²) in [6.45, 7) is 0.946. The molecule has 2 rings (SSSR count). The van der Waals surface area contributed by atoms with Gasteiger partial charge in [-0.2, -0.15) is 0 Å². The molecule has 0 spiro atoms. The molecule has 0 saturated heterocycles. The maximum Gasteiger partial charge on any atom is 0.234 e. The molecule has 5 heteroatoms. The summed E-state index contributed by atoms with van der Waals surface area (Å²) in [5, 5.41) is 6.22. The summed E-state index contributed by atoms with van der Waals surface area (Å²) >= 11 is 0. The quantitative estimate of drug-likeness (QED) is 0.787. The number of hydrogen-bond acceptors (Lipinski definition) is 4. The van der Waals surface area contributed by atoms with E-state index in [2.05, 4.69) is 20.6 Å². The number of hydrogen-bond donors (Lipinski definition) is 2. The largest absolute Gasteiger partial charge is 0.352 e. The number of rotatable bonds is 5. The molecule has 0 aromatic carbocycles. The minimum Gasteiger partial charge on any atom is -0.352 e. The van der Waals surface area contributed by atoms with Gasteiger partial charge in [-0.15, -0.1) is 0 Å². The molecule has 1 aliphatic carbocycles. The lowest BCUT2D eigenvalue weighted by Crippen LogP contribution is -2.40. The van der Waals surface area contributed by atoms with Gasteiger partial charge in [0.05, 0.1) is 12.2 Å².